The monoisotopic (exact) mass is 463 g/mol. The smallest absolute Gasteiger partial charge is 0.226 e. The number of aryl methyl sites for hydroxylation is 1. The first kappa shape index (κ1) is 23.1. The molecule has 0 radical (unpaired) electrons. The van der Waals surface area contributed by atoms with Crippen molar-refractivity contribution in [3.05, 3.63) is 46.9 Å². The molecule has 166 valence electrons. The largest absolute Gasteiger partial charge is 0.484 e. The number of anilines is 1. The molecule has 31 heavy (non-hydrogen) atoms. The van der Waals surface area contributed by atoms with Gasteiger partial charge in [-0.3, -0.25) is 4.79 Å². The summed E-state index contributed by atoms with van der Waals surface area (Å²) in [5.74, 6) is 2.85. The van der Waals surface area contributed by atoms with Gasteiger partial charge in [-0.25, -0.2) is 0 Å². The van der Waals surface area contributed by atoms with Gasteiger partial charge in [-0.15, -0.1) is 10.2 Å². The van der Waals surface area contributed by atoms with Crippen molar-refractivity contribution in [3.63, 3.8) is 0 Å². The van der Waals surface area contributed by atoms with Crippen LogP contribution in [0.4, 0.5) is 5.82 Å². The van der Waals surface area contributed by atoms with E-state index in [0.717, 1.165) is 23.8 Å². The number of ether oxygens (including phenoxy) is 1. The predicted octanol–water partition coefficient (Wildman–Crippen LogP) is 5.29. The summed E-state index contributed by atoms with van der Waals surface area (Å²) in [6.07, 6.45) is 2.19. The summed E-state index contributed by atoms with van der Waals surface area (Å²) in [4.78, 5) is 12.2. The van der Waals surface area contributed by atoms with Crippen LogP contribution in [-0.4, -0.2) is 31.6 Å². The Morgan fingerprint density at radius 3 is 2.74 bits per heavy atom. The van der Waals surface area contributed by atoms with Crippen molar-refractivity contribution in [2.24, 2.45) is 0 Å². The highest BCUT2D eigenvalue weighted by Gasteiger charge is 2.20. The molecule has 0 atom stereocenters. The molecular formula is C21H26ClN5O3S. The van der Waals surface area contributed by atoms with E-state index in [2.05, 4.69) is 39.1 Å². The maximum absolute atomic E-state index is 12.2. The van der Waals surface area contributed by atoms with E-state index in [9.17, 15) is 4.79 Å². The van der Waals surface area contributed by atoms with Crippen LogP contribution in [0.1, 0.15) is 50.7 Å². The molecule has 1 aromatic carbocycles. The van der Waals surface area contributed by atoms with Crippen LogP contribution >= 0.6 is 23.4 Å². The van der Waals surface area contributed by atoms with Gasteiger partial charge in [-0.2, -0.15) is 0 Å². The van der Waals surface area contributed by atoms with E-state index in [-0.39, 0.29) is 18.6 Å². The highest BCUT2D eigenvalue weighted by Crippen LogP contribution is 2.28. The van der Waals surface area contributed by atoms with Crippen LogP contribution in [0, 0.1) is 6.92 Å². The van der Waals surface area contributed by atoms with Crippen molar-refractivity contribution in [1.82, 2.24) is 19.9 Å². The first-order valence-electron chi connectivity index (χ1n) is 10.2. The molecule has 3 rings (SSSR count). The summed E-state index contributed by atoms with van der Waals surface area (Å²) in [5.41, 5.74) is 0. The SMILES string of the molecule is CCC(CC)n1c(COc2ccccc2Cl)nnc1SCCC(=O)Nc1cc(C)on1. The molecule has 0 bridgehead atoms. The summed E-state index contributed by atoms with van der Waals surface area (Å²) >= 11 is 7.69. The van der Waals surface area contributed by atoms with Gasteiger partial charge in [-0.1, -0.05) is 54.5 Å². The molecule has 2 heterocycles. The first-order valence-corrected chi connectivity index (χ1v) is 11.5. The number of carbonyl (C=O) groups excluding carboxylic acids is 1. The minimum absolute atomic E-state index is 0.128. The number of aromatic nitrogens is 4. The number of amides is 1. The third-order valence-corrected chi connectivity index (χ3v) is 5.95. The van der Waals surface area contributed by atoms with Gasteiger partial charge in [0.2, 0.25) is 5.91 Å². The topological polar surface area (TPSA) is 95.1 Å². The fourth-order valence-electron chi connectivity index (χ4n) is 3.09. The molecule has 2 aromatic heterocycles. The van der Waals surface area contributed by atoms with Crippen molar-refractivity contribution in [1.29, 1.82) is 0 Å². The number of nitrogens with zero attached hydrogens (tertiary/aromatic N) is 4. The molecule has 1 amide bonds. The molecule has 1 N–H and O–H groups in total. The minimum Gasteiger partial charge on any atom is -0.484 e. The van der Waals surface area contributed by atoms with Gasteiger partial charge in [-0.05, 0) is 31.9 Å². The third-order valence-electron chi connectivity index (χ3n) is 4.69. The number of nitrogens with one attached hydrogen (secondary N) is 1. The molecule has 0 aliphatic carbocycles. The van der Waals surface area contributed by atoms with E-state index in [1.165, 1.54) is 11.8 Å². The first-order chi connectivity index (χ1) is 15.0. The summed E-state index contributed by atoms with van der Waals surface area (Å²) in [7, 11) is 0. The van der Waals surface area contributed by atoms with Crippen molar-refractivity contribution in [2.75, 3.05) is 11.1 Å². The summed E-state index contributed by atoms with van der Waals surface area (Å²) in [6.45, 7) is 6.30. The number of carbonyl (C=O) groups is 1. The van der Waals surface area contributed by atoms with Crippen LogP contribution in [0.2, 0.25) is 5.02 Å². The third kappa shape index (κ3) is 6.24. The Balaban J connectivity index is 1.63. The van der Waals surface area contributed by atoms with Crippen molar-refractivity contribution < 1.29 is 14.1 Å². The molecule has 0 unspecified atom stereocenters. The number of benzene rings is 1. The van der Waals surface area contributed by atoms with Crippen LogP contribution < -0.4 is 10.1 Å². The Kier molecular flexibility index (Phi) is 8.36. The zero-order chi connectivity index (χ0) is 22.2. The van der Waals surface area contributed by atoms with Gasteiger partial charge in [0.1, 0.15) is 18.1 Å². The van der Waals surface area contributed by atoms with Crippen LogP contribution in [0.25, 0.3) is 0 Å². The van der Waals surface area contributed by atoms with Gasteiger partial charge in [0.25, 0.3) is 0 Å². The zero-order valence-electron chi connectivity index (χ0n) is 17.8. The van der Waals surface area contributed by atoms with Crippen molar-refractivity contribution >= 4 is 35.1 Å². The highest BCUT2D eigenvalue weighted by atomic mass is 35.5. The molecule has 0 aliphatic rings. The number of rotatable bonds is 11. The van der Waals surface area contributed by atoms with E-state index < -0.39 is 0 Å². The van der Waals surface area contributed by atoms with Crippen molar-refractivity contribution in [2.45, 2.75) is 57.8 Å². The Morgan fingerprint density at radius 1 is 1.29 bits per heavy atom. The maximum Gasteiger partial charge on any atom is 0.226 e. The predicted molar refractivity (Wildman–Crippen MR) is 121 cm³/mol. The van der Waals surface area contributed by atoms with Crippen LogP contribution in [0.3, 0.4) is 0 Å². The molecule has 0 spiro atoms. The Labute approximate surface area is 190 Å². The summed E-state index contributed by atoms with van der Waals surface area (Å²) in [5, 5.41) is 16.5. The number of hydrogen-bond donors (Lipinski definition) is 1. The molecule has 0 saturated carbocycles. The maximum atomic E-state index is 12.2. The lowest BCUT2D eigenvalue weighted by Crippen LogP contribution is -2.15. The molecule has 0 fully saturated rings. The quantitative estimate of drug-likeness (QED) is 0.386. The van der Waals surface area contributed by atoms with Gasteiger partial charge in [0.05, 0.1) is 5.02 Å². The lowest BCUT2D eigenvalue weighted by atomic mass is 10.2. The average molecular weight is 464 g/mol. The van der Waals surface area contributed by atoms with Crippen LogP contribution in [-0.2, 0) is 11.4 Å². The Bertz CT molecular complexity index is 1000. The Hall–Kier alpha value is -2.52. The van der Waals surface area contributed by atoms with E-state index in [4.69, 9.17) is 20.9 Å². The second-order valence-electron chi connectivity index (χ2n) is 6.93. The fraction of sp³-hybridized carbons (Fsp3) is 0.429. The van der Waals surface area contributed by atoms with E-state index in [1.807, 2.05) is 18.2 Å². The standard InChI is InChI=1S/C21H26ClN5O3S/c1-4-15(5-2)27-19(13-29-17-9-7-6-8-16(17)22)24-25-21(27)31-11-10-20(28)23-18-12-14(3)30-26-18/h6-9,12,15H,4-5,10-11,13H2,1-3H3,(H,23,26,28). The van der Waals surface area contributed by atoms with Crippen molar-refractivity contribution in [3.8, 4) is 5.75 Å². The van der Waals surface area contributed by atoms with Crippen LogP contribution in [0.5, 0.6) is 5.75 Å². The van der Waals surface area contributed by atoms with Gasteiger partial charge >= 0.3 is 0 Å². The normalized spacial score (nSPS) is 11.1. The molecule has 10 heteroatoms. The zero-order valence-corrected chi connectivity index (χ0v) is 19.4. The second-order valence-corrected chi connectivity index (χ2v) is 8.40. The van der Waals surface area contributed by atoms with E-state index in [0.29, 0.717) is 34.5 Å². The molecular weight excluding hydrogens is 438 g/mol. The lowest BCUT2D eigenvalue weighted by molar-refractivity contribution is -0.115. The summed E-state index contributed by atoms with van der Waals surface area (Å²) in [6, 6.07) is 9.27. The lowest BCUT2D eigenvalue weighted by Gasteiger charge is -2.19. The van der Waals surface area contributed by atoms with E-state index in [1.54, 1.807) is 19.1 Å². The average Bonchev–Trinajstić information content (AvgIpc) is 3.34. The molecule has 8 nitrogen and oxygen atoms in total. The number of thioether (sulfide) groups is 1. The highest BCUT2D eigenvalue weighted by molar-refractivity contribution is 7.99. The van der Waals surface area contributed by atoms with Crippen LogP contribution in [0.15, 0.2) is 40.0 Å². The minimum atomic E-state index is -0.128. The number of halogens is 1. The Morgan fingerprint density at radius 2 is 2.06 bits per heavy atom. The van der Waals surface area contributed by atoms with Gasteiger partial charge in [0, 0.05) is 24.3 Å². The molecule has 0 aliphatic heterocycles. The molecule has 3 aromatic rings. The molecule has 0 saturated heterocycles. The fourth-order valence-corrected chi connectivity index (χ4v) is 4.25. The second kappa shape index (κ2) is 11.2. The summed E-state index contributed by atoms with van der Waals surface area (Å²) < 4.78 is 13.0. The van der Waals surface area contributed by atoms with Gasteiger partial charge < -0.3 is 19.1 Å². The van der Waals surface area contributed by atoms with Gasteiger partial charge in [0.15, 0.2) is 16.8 Å². The number of para-hydroxylation sites is 1. The number of hydrogen-bond acceptors (Lipinski definition) is 7. The van der Waals surface area contributed by atoms with E-state index >= 15 is 0 Å².